The molecule has 2 aromatic rings. The number of amides is 1. The van der Waals surface area contributed by atoms with Gasteiger partial charge in [0.05, 0.1) is 12.2 Å². The van der Waals surface area contributed by atoms with Gasteiger partial charge in [-0.15, -0.1) is 5.10 Å². The Kier molecular flexibility index (Phi) is 5.28. The maximum absolute atomic E-state index is 12.4. The number of hydrogen-bond acceptors (Lipinski definition) is 3. The van der Waals surface area contributed by atoms with Crippen LogP contribution in [0.1, 0.15) is 56.2 Å². The molecule has 24 heavy (non-hydrogen) atoms. The van der Waals surface area contributed by atoms with Gasteiger partial charge in [-0.1, -0.05) is 43.3 Å². The number of benzene rings is 1. The molecule has 128 valence electrons. The summed E-state index contributed by atoms with van der Waals surface area (Å²) in [6.07, 6.45) is 6.94. The van der Waals surface area contributed by atoms with Crippen LogP contribution in [0.2, 0.25) is 0 Å². The van der Waals surface area contributed by atoms with E-state index in [1.54, 1.807) is 6.20 Å². The number of likely N-dealkylation sites (tertiary alicyclic amines) is 1. The van der Waals surface area contributed by atoms with Crippen molar-refractivity contribution in [2.45, 2.75) is 51.5 Å². The second kappa shape index (κ2) is 7.60. The second-order valence-corrected chi connectivity index (χ2v) is 6.89. The van der Waals surface area contributed by atoms with E-state index in [2.05, 4.69) is 48.4 Å². The van der Waals surface area contributed by atoms with Gasteiger partial charge in [0.2, 0.25) is 5.91 Å². The number of nitrogens with zero attached hydrogens (tertiary/aromatic N) is 4. The van der Waals surface area contributed by atoms with Crippen molar-refractivity contribution in [3.63, 3.8) is 0 Å². The Labute approximate surface area is 143 Å². The molecule has 1 amide bonds. The molecule has 0 unspecified atom stereocenters. The molecule has 1 aromatic heterocycles. The van der Waals surface area contributed by atoms with Crippen LogP contribution in [-0.2, 0) is 11.2 Å². The van der Waals surface area contributed by atoms with Gasteiger partial charge in [0.25, 0.3) is 0 Å². The lowest BCUT2D eigenvalue weighted by Crippen LogP contribution is -2.39. The molecule has 0 bridgehead atoms. The fourth-order valence-corrected chi connectivity index (χ4v) is 3.27. The Morgan fingerprint density at radius 3 is 2.50 bits per heavy atom. The first kappa shape index (κ1) is 16.7. The number of carbonyl (C=O) groups is 1. The Morgan fingerprint density at radius 1 is 1.21 bits per heavy atom. The molecule has 0 aliphatic carbocycles. The molecule has 1 aliphatic heterocycles. The third kappa shape index (κ3) is 4.02. The lowest BCUT2D eigenvalue weighted by atomic mass is 10.00. The molecule has 0 radical (unpaired) electrons. The van der Waals surface area contributed by atoms with Crippen LogP contribution in [0.25, 0.3) is 0 Å². The van der Waals surface area contributed by atoms with Crippen LogP contribution in [0.15, 0.2) is 36.7 Å². The SMILES string of the molecule is CC(C)c1ccc(CCC(=O)N2CCC(n3ccnn3)CC2)cc1. The van der Waals surface area contributed by atoms with E-state index in [1.165, 1.54) is 11.1 Å². The Hall–Kier alpha value is -2.17. The van der Waals surface area contributed by atoms with Crippen LogP contribution < -0.4 is 0 Å². The topological polar surface area (TPSA) is 51.0 Å². The molecule has 5 nitrogen and oxygen atoms in total. The highest BCUT2D eigenvalue weighted by molar-refractivity contribution is 5.76. The minimum atomic E-state index is 0.264. The molecule has 0 atom stereocenters. The zero-order chi connectivity index (χ0) is 16.9. The quantitative estimate of drug-likeness (QED) is 0.848. The third-order valence-corrected chi connectivity index (χ3v) is 4.91. The molecule has 5 heteroatoms. The van der Waals surface area contributed by atoms with Gasteiger partial charge in [0.1, 0.15) is 0 Å². The molecule has 1 fully saturated rings. The van der Waals surface area contributed by atoms with Crippen LogP contribution in [-0.4, -0.2) is 38.9 Å². The first-order chi connectivity index (χ1) is 11.6. The van der Waals surface area contributed by atoms with E-state index in [-0.39, 0.29) is 5.91 Å². The van der Waals surface area contributed by atoms with Crippen molar-refractivity contribution in [1.82, 2.24) is 19.9 Å². The lowest BCUT2D eigenvalue weighted by Gasteiger charge is -2.32. The highest BCUT2D eigenvalue weighted by Gasteiger charge is 2.23. The Balaban J connectivity index is 1.46. The average molecular weight is 326 g/mol. The zero-order valence-corrected chi connectivity index (χ0v) is 14.6. The van der Waals surface area contributed by atoms with Crippen molar-refractivity contribution in [1.29, 1.82) is 0 Å². The smallest absolute Gasteiger partial charge is 0.222 e. The van der Waals surface area contributed by atoms with Crippen molar-refractivity contribution in [3.05, 3.63) is 47.8 Å². The predicted octanol–water partition coefficient (Wildman–Crippen LogP) is 3.20. The summed E-state index contributed by atoms with van der Waals surface area (Å²) in [6.45, 7) is 6.02. The number of carbonyl (C=O) groups excluding carboxylic acids is 1. The number of rotatable bonds is 5. The van der Waals surface area contributed by atoms with Gasteiger partial charge in [-0.3, -0.25) is 4.79 Å². The van der Waals surface area contributed by atoms with E-state index in [0.717, 1.165) is 32.4 Å². The molecule has 1 aliphatic rings. The molecule has 3 rings (SSSR count). The maximum Gasteiger partial charge on any atom is 0.222 e. The second-order valence-electron chi connectivity index (χ2n) is 6.89. The van der Waals surface area contributed by atoms with Gasteiger partial charge in [0.15, 0.2) is 0 Å². The summed E-state index contributed by atoms with van der Waals surface area (Å²) in [5, 5.41) is 7.93. The fourth-order valence-electron chi connectivity index (χ4n) is 3.27. The van der Waals surface area contributed by atoms with Crippen LogP contribution in [0, 0.1) is 0 Å². The molecule has 0 N–H and O–H groups in total. The normalized spacial score (nSPS) is 15.9. The van der Waals surface area contributed by atoms with Gasteiger partial charge >= 0.3 is 0 Å². The molecular weight excluding hydrogens is 300 g/mol. The largest absolute Gasteiger partial charge is 0.343 e. The summed E-state index contributed by atoms with van der Waals surface area (Å²) >= 11 is 0. The van der Waals surface area contributed by atoms with Gasteiger partial charge in [0, 0.05) is 25.7 Å². The summed E-state index contributed by atoms with van der Waals surface area (Å²) in [4.78, 5) is 14.4. The van der Waals surface area contributed by atoms with Crippen molar-refractivity contribution in [2.75, 3.05) is 13.1 Å². The van der Waals surface area contributed by atoms with Crippen molar-refractivity contribution in [3.8, 4) is 0 Å². The van der Waals surface area contributed by atoms with E-state index in [4.69, 9.17) is 0 Å². The van der Waals surface area contributed by atoms with E-state index in [9.17, 15) is 4.79 Å². The Bertz CT molecular complexity index is 641. The Morgan fingerprint density at radius 2 is 1.92 bits per heavy atom. The number of piperidine rings is 1. The number of hydrogen-bond donors (Lipinski definition) is 0. The van der Waals surface area contributed by atoms with E-state index < -0.39 is 0 Å². The monoisotopic (exact) mass is 326 g/mol. The standard InChI is InChI=1S/C19H26N4O/c1-15(2)17-6-3-16(4-7-17)5-8-19(24)22-12-9-18(10-13-22)23-14-11-20-21-23/h3-4,6-7,11,14-15,18H,5,8-10,12-13H2,1-2H3. The van der Waals surface area contributed by atoms with Gasteiger partial charge in [-0.25, -0.2) is 4.68 Å². The van der Waals surface area contributed by atoms with Crippen LogP contribution in [0.5, 0.6) is 0 Å². The van der Waals surface area contributed by atoms with Crippen LogP contribution >= 0.6 is 0 Å². The van der Waals surface area contributed by atoms with E-state index in [1.807, 2.05) is 15.8 Å². The van der Waals surface area contributed by atoms with Crippen molar-refractivity contribution >= 4 is 5.91 Å². The molecule has 0 saturated carbocycles. The predicted molar refractivity (Wildman–Crippen MR) is 93.7 cm³/mol. The number of aryl methyl sites for hydroxylation is 1. The minimum absolute atomic E-state index is 0.264. The molecule has 1 aromatic carbocycles. The summed E-state index contributed by atoms with van der Waals surface area (Å²) < 4.78 is 1.91. The highest BCUT2D eigenvalue weighted by atomic mass is 16.2. The summed E-state index contributed by atoms with van der Waals surface area (Å²) in [7, 11) is 0. The van der Waals surface area contributed by atoms with E-state index in [0.29, 0.717) is 18.4 Å². The summed E-state index contributed by atoms with van der Waals surface area (Å²) in [5.74, 6) is 0.812. The maximum atomic E-state index is 12.4. The highest BCUT2D eigenvalue weighted by Crippen LogP contribution is 2.22. The average Bonchev–Trinajstić information content (AvgIpc) is 3.15. The molecule has 0 spiro atoms. The van der Waals surface area contributed by atoms with Crippen LogP contribution in [0.4, 0.5) is 0 Å². The summed E-state index contributed by atoms with van der Waals surface area (Å²) in [5.41, 5.74) is 2.59. The van der Waals surface area contributed by atoms with Gasteiger partial charge < -0.3 is 4.90 Å². The van der Waals surface area contributed by atoms with Gasteiger partial charge in [-0.2, -0.15) is 0 Å². The number of aromatic nitrogens is 3. The molecule has 2 heterocycles. The molecule has 1 saturated heterocycles. The summed E-state index contributed by atoms with van der Waals surface area (Å²) in [6, 6.07) is 9.03. The van der Waals surface area contributed by atoms with Crippen molar-refractivity contribution in [2.24, 2.45) is 0 Å². The van der Waals surface area contributed by atoms with Crippen molar-refractivity contribution < 1.29 is 4.79 Å². The molecular formula is C19H26N4O. The van der Waals surface area contributed by atoms with E-state index >= 15 is 0 Å². The first-order valence-electron chi connectivity index (χ1n) is 8.86. The lowest BCUT2D eigenvalue weighted by molar-refractivity contribution is -0.132. The zero-order valence-electron chi connectivity index (χ0n) is 14.6. The fraction of sp³-hybridized carbons (Fsp3) is 0.526. The van der Waals surface area contributed by atoms with Gasteiger partial charge in [-0.05, 0) is 36.3 Å². The first-order valence-corrected chi connectivity index (χ1v) is 8.86. The van der Waals surface area contributed by atoms with Crippen LogP contribution in [0.3, 0.4) is 0 Å². The third-order valence-electron chi connectivity index (χ3n) is 4.91. The minimum Gasteiger partial charge on any atom is -0.343 e.